The molecule has 1 fully saturated rings. The SMILES string of the molecule is CC1CCN(C(=O)c2ccc(Nc3cccc(C(F)(F)F)c3)cn2)CC1. The number of halogens is 3. The first-order chi connectivity index (χ1) is 12.3. The van der Waals surface area contributed by atoms with E-state index in [4.69, 9.17) is 0 Å². The molecule has 1 N–H and O–H groups in total. The number of amides is 1. The molecule has 3 rings (SSSR count). The van der Waals surface area contributed by atoms with E-state index in [0.717, 1.165) is 38.1 Å². The quantitative estimate of drug-likeness (QED) is 0.859. The average Bonchev–Trinajstić information content (AvgIpc) is 2.62. The molecule has 0 spiro atoms. The van der Waals surface area contributed by atoms with Crippen molar-refractivity contribution in [2.75, 3.05) is 18.4 Å². The molecule has 2 heterocycles. The van der Waals surface area contributed by atoms with Crippen molar-refractivity contribution in [3.63, 3.8) is 0 Å². The fraction of sp³-hybridized carbons (Fsp3) is 0.368. The van der Waals surface area contributed by atoms with Gasteiger partial charge in [-0.1, -0.05) is 13.0 Å². The average molecular weight is 363 g/mol. The van der Waals surface area contributed by atoms with Crippen LogP contribution < -0.4 is 5.32 Å². The summed E-state index contributed by atoms with van der Waals surface area (Å²) in [5.41, 5.74) is 0.453. The number of hydrogen-bond donors (Lipinski definition) is 1. The lowest BCUT2D eigenvalue weighted by Gasteiger charge is -2.30. The van der Waals surface area contributed by atoms with Crippen molar-refractivity contribution in [3.8, 4) is 0 Å². The molecule has 1 aliphatic heterocycles. The zero-order chi connectivity index (χ0) is 18.7. The second-order valence-corrected chi connectivity index (χ2v) is 6.61. The minimum atomic E-state index is -4.39. The van der Waals surface area contributed by atoms with Crippen LogP contribution in [0.1, 0.15) is 35.8 Å². The van der Waals surface area contributed by atoms with Crippen LogP contribution in [0, 0.1) is 5.92 Å². The van der Waals surface area contributed by atoms with Crippen molar-refractivity contribution in [2.24, 2.45) is 5.92 Å². The van der Waals surface area contributed by atoms with Gasteiger partial charge in [0.1, 0.15) is 5.69 Å². The number of likely N-dealkylation sites (tertiary alicyclic amines) is 1. The third-order valence-corrected chi connectivity index (χ3v) is 4.53. The van der Waals surface area contributed by atoms with Crippen LogP contribution in [0.5, 0.6) is 0 Å². The van der Waals surface area contributed by atoms with Gasteiger partial charge in [0.2, 0.25) is 0 Å². The number of benzene rings is 1. The Morgan fingerprint density at radius 3 is 2.50 bits per heavy atom. The smallest absolute Gasteiger partial charge is 0.354 e. The maximum Gasteiger partial charge on any atom is 0.416 e. The van der Waals surface area contributed by atoms with Crippen molar-refractivity contribution >= 4 is 17.3 Å². The lowest BCUT2D eigenvalue weighted by molar-refractivity contribution is -0.137. The molecular weight excluding hydrogens is 343 g/mol. The summed E-state index contributed by atoms with van der Waals surface area (Å²) in [6.07, 6.45) is -0.958. The van der Waals surface area contributed by atoms with Gasteiger partial charge in [-0.25, -0.2) is 4.98 Å². The predicted molar refractivity (Wildman–Crippen MR) is 93.3 cm³/mol. The highest BCUT2D eigenvalue weighted by Crippen LogP contribution is 2.31. The summed E-state index contributed by atoms with van der Waals surface area (Å²) >= 11 is 0. The van der Waals surface area contributed by atoms with E-state index < -0.39 is 11.7 Å². The summed E-state index contributed by atoms with van der Waals surface area (Å²) in [6.45, 7) is 3.63. The highest BCUT2D eigenvalue weighted by atomic mass is 19.4. The first-order valence-electron chi connectivity index (χ1n) is 8.52. The number of rotatable bonds is 3. The Kier molecular flexibility index (Phi) is 5.15. The normalized spacial score (nSPS) is 15.8. The Labute approximate surface area is 150 Å². The summed E-state index contributed by atoms with van der Waals surface area (Å²) in [6, 6.07) is 8.18. The molecule has 7 heteroatoms. The number of piperidine rings is 1. The first-order valence-corrected chi connectivity index (χ1v) is 8.52. The predicted octanol–water partition coefficient (Wildman–Crippen LogP) is 4.72. The standard InChI is InChI=1S/C19H20F3N3O/c1-13-7-9-25(10-8-13)18(26)17-6-5-16(12-23-17)24-15-4-2-3-14(11-15)19(20,21)22/h2-6,11-13,24H,7-10H2,1H3. The molecule has 1 amide bonds. The number of alkyl halides is 3. The van der Waals surface area contributed by atoms with Gasteiger partial charge in [-0.05, 0) is 49.1 Å². The summed E-state index contributed by atoms with van der Waals surface area (Å²) < 4.78 is 38.3. The van der Waals surface area contributed by atoms with E-state index in [1.54, 1.807) is 23.1 Å². The maximum absolute atomic E-state index is 12.8. The molecule has 0 atom stereocenters. The van der Waals surface area contributed by atoms with Gasteiger partial charge in [-0.2, -0.15) is 13.2 Å². The van der Waals surface area contributed by atoms with Crippen LogP contribution >= 0.6 is 0 Å². The van der Waals surface area contributed by atoms with Crippen LogP contribution in [0.3, 0.4) is 0 Å². The number of carbonyl (C=O) groups is 1. The molecule has 1 aromatic carbocycles. The van der Waals surface area contributed by atoms with Crippen molar-refractivity contribution in [1.29, 1.82) is 0 Å². The van der Waals surface area contributed by atoms with Crippen molar-refractivity contribution in [3.05, 3.63) is 53.9 Å². The highest BCUT2D eigenvalue weighted by molar-refractivity contribution is 5.92. The topological polar surface area (TPSA) is 45.2 Å². The number of aromatic nitrogens is 1. The zero-order valence-corrected chi connectivity index (χ0v) is 14.4. The van der Waals surface area contributed by atoms with Crippen molar-refractivity contribution in [2.45, 2.75) is 25.9 Å². The van der Waals surface area contributed by atoms with Crippen LogP contribution in [-0.4, -0.2) is 28.9 Å². The maximum atomic E-state index is 12.8. The lowest BCUT2D eigenvalue weighted by Crippen LogP contribution is -2.38. The fourth-order valence-corrected chi connectivity index (χ4v) is 2.91. The lowest BCUT2D eigenvalue weighted by atomic mass is 9.99. The molecule has 1 saturated heterocycles. The van der Waals surface area contributed by atoms with Gasteiger partial charge >= 0.3 is 6.18 Å². The number of carbonyl (C=O) groups excluding carboxylic acids is 1. The monoisotopic (exact) mass is 363 g/mol. The second-order valence-electron chi connectivity index (χ2n) is 6.61. The summed E-state index contributed by atoms with van der Waals surface area (Å²) in [5.74, 6) is 0.522. The Morgan fingerprint density at radius 1 is 1.15 bits per heavy atom. The molecule has 2 aromatic rings. The molecule has 0 radical (unpaired) electrons. The molecular formula is C19H20F3N3O. The van der Waals surface area contributed by atoms with Gasteiger partial charge < -0.3 is 10.2 Å². The minimum Gasteiger partial charge on any atom is -0.354 e. The third-order valence-electron chi connectivity index (χ3n) is 4.53. The highest BCUT2D eigenvalue weighted by Gasteiger charge is 2.30. The first kappa shape index (κ1) is 18.2. The number of hydrogen-bond acceptors (Lipinski definition) is 3. The van der Waals surface area contributed by atoms with Crippen LogP contribution in [-0.2, 0) is 6.18 Å². The van der Waals surface area contributed by atoms with Gasteiger partial charge in [0.05, 0.1) is 17.4 Å². The van der Waals surface area contributed by atoms with Crippen molar-refractivity contribution < 1.29 is 18.0 Å². The molecule has 0 saturated carbocycles. The van der Waals surface area contributed by atoms with E-state index >= 15 is 0 Å². The number of pyridine rings is 1. The Bertz CT molecular complexity index is 766. The van der Waals surface area contributed by atoms with Crippen LogP contribution in [0.15, 0.2) is 42.6 Å². The zero-order valence-electron chi connectivity index (χ0n) is 14.4. The Balaban J connectivity index is 1.67. The molecule has 4 nitrogen and oxygen atoms in total. The summed E-state index contributed by atoms with van der Waals surface area (Å²) in [7, 11) is 0. The Hall–Kier alpha value is -2.57. The van der Waals surface area contributed by atoms with Gasteiger partial charge in [0.15, 0.2) is 0 Å². The minimum absolute atomic E-state index is 0.109. The van der Waals surface area contributed by atoms with Crippen LogP contribution in [0.25, 0.3) is 0 Å². The van der Waals surface area contributed by atoms with Crippen LogP contribution in [0.4, 0.5) is 24.5 Å². The largest absolute Gasteiger partial charge is 0.416 e. The van der Waals surface area contributed by atoms with Crippen molar-refractivity contribution in [1.82, 2.24) is 9.88 Å². The Morgan fingerprint density at radius 2 is 1.88 bits per heavy atom. The molecule has 0 aliphatic carbocycles. The molecule has 1 aliphatic rings. The van der Waals surface area contributed by atoms with Gasteiger partial charge in [0.25, 0.3) is 5.91 Å². The van der Waals surface area contributed by atoms with E-state index in [1.165, 1.54) is 12.3 Å². The van der Waals surface area contributed by atoms with E-state index in [-0.39, 0.29) is 5.91 Å². The van der Waals surface area contributed by atoms with E-state index in [9.17, 15) is 18.0 Å². The fourth-order valence-electron chi connectivity index (χ4n) is 2.91. The summed E-state index contributed by atoms with van der Waals surface area (Å²) in [5, 5.41) is 2.88. The van der Waals surface area contributed by atoms with E-state index in [2.05, 4.69) is 17.2 Å². The van der Waals surface area contributed by atoms with Crippen LogP contribution in [0.2, 0.25) is 0 Å². The molecule has 0 unspecified atom stereocenters. The number of nitrogens with one attached hydrogen (secondary N) is 1. The molecule has 138 valence electrons. The van der Waals surface area contributed by atoms with E-state index in [1.807, 2.05) is 0 Å². The number of anilines is 2. The molecule has 1 aromatic heterocycles. The summed E-state index contributed by atoms with van der Waals surface area (Å²) in [4.78, 5) is 18.4. The van der Waals surface area contributed by atoms with E-state index in [0.29, 0.717) is 23.0 Å². The van der Waals surface area contributed by atoms with Gasteiger partial charge in [-0.3, -0.25) is 4.79 Å². The second kappa shape index (κ2) is 7.35. The number of nitrogens with zero attached hydrogens (tertiary/aromatic N) is 2. The molecule has 26 heavy (non-hydrogen) atoms. The van der Waals surface area contributed by atoms with Gasteiger partial charge in [-0.15, -0.1) is 0 Å². The molecule has 0 bridgehead atoms. The van der Waals surface area contributed by atoms with Gasteiger partial charge in [0, 0.05) is 18.8 Å². The third kappa shape index (κ3) is 4.33.